The minimum Gasteiger partial charge on any atom is -0.495 e. The zero-order chi connectivity index (χ0) is 23.9. The van der Waals surface area contributed by atoms with Crippen LogP contribution in [0, 0.1) is 0 Å². The van der Waals surface area contributed by atoms with Gasteiger partial charge in [-0.3, -0.25) is 4.79 Å². The first-order chi connectivity index (χ1) is 15.0. The predicted molar refractivity (Wildman–Crippen MR) is 126 cm³/mol. The van der Waals surface area contributed by atoms with E-state index >= 15 is 0 Å². The molecule has 0 spiro atoms. The van der Waals surface area contributed by atoms with Crippen molar-refractivity contribution in [2.24, 2.45) is 0 Å². The topological polar surface area (TPSA) is 106 Å². The van der Waals surface area contributed by atoms with Crippen LogP contribution in [-0.4, -0.2) is 42.8 Å². The second-order valence-electron chi connectivity index (χ2n) is 7.98. The Morgan fingerprint density at radius 2 is 1.75 bits per heavy atom. The summed E-state index contributed by atoms with van der Waals surface area (Å²) in [6, 6.07) is 8.16. The summed E-state index contributed by atoms with van der Waals surface area (Å²) in [7, 11) is 1.52. The Labute approximate surface area is 196 Å². The minimum atomic E-state index is -1.02. The van der Waals surface area contributed by atoms with Gasteiger partial charge in [0, 0.05) is 16.6 Å². The SMILES string of the molecule is CCOc1cc(CNc2cc(C(=O)O)ccc2OC)c(Br)cc1OCC(=O)NC(C)(C)C. The first-order valence-electron chi connectivity index (χ1n) is 10.1. The number of methoxy groups -OCH3 is 1. The Bertz CT molecular complexity index is 972. The Kier molecular flexibility index (Phi) is 8.77. The molecule has 0 fully saturated rings. The number of carbonyl (C=O) groups is 2. The van der Waals surface area contributed by atoms with Gasteiger partial charge < -0.3 is 30.0 Å². The number of nitrogens with one attached hydrogen (secondary N) is 2. The zero-order valence-corrected chi connectivity index (χ0v) is 20.5. The van der Waals surface area contributed by atoms with E-state index < -0.39 is 5.97 Å². The Morgan fingerprint density at radius 1 is 1.06 bits per heavy atom. The third-order valence-electron chi connectivity index (χ3n) is 4.20. The van der Waals surface area contributed by atoms with Crippen LogP contribution in [0.3, 0.4) is 0 Å². The molecule has 0 saturated carbocycles. The molecule has 8 nitrogen and oxygen atoms in total. The highest BCUT2D eigenvalue weighted by molar-refractivity contribution is 9.10. The van der Waals surface area contributed by atoms with E-state index in [1.807, 2.05) is 33.8 Å². The van der Waals surface area contributed by atoms with E-state index in [9.17, 15) is 14.7 Å². The molecule has 0 atom stereocenters. The lowest BCUT2D eigenvalue weighted by molar-refractivity contribution is -0.124. The van der Waals surface area contributed by atoms with E-state index in [1.54, 1.807) is 12.1 Å². The van der Waals surface area contributed by atoms with E-state index in [2.05, 4.69) is 26.6 Å². The summed E-state index contributed by atoms with van der Waals surface area (Å²) in [6.07, 6.45) is 0. The van der Waals surface area contributed by atoms with E-state index in [0.717, 1.165) is 10.0 Å². The highest BCUT2D eigenvalue weighted by Gasteiger charge is 2.17. The van der Waals surface area contributed by atoms with Crippen LogP contribution in [0.5, 0.6) is 17.2 Å². The minimum absolute atomic E-state index is 0.138. The second kappa shape index (κ2) is 11.1. The average Bonchev–Trinajstić information content (AvgIpc) is 2.71. The maximum atomic E-state index is 12.1. The predicted octanol–water partition coefficient (Wildman–Crippen LogP) is 4.46. The molecule has 0 aliphatic rings. The molecule has 2 rings (SSSR count). The molecule has 0 bridgehead atoms. The monoisotopic (exact) mass is 508 g/mol. The van der Waals surface area contributed by atoms with Crippen LogP contribution in [0.4, 0.5) is 5.69 Å². The molecule has 174 valence electrons. The van der Waals surface area contributed by atoms with Crippen molar-refractivity contribution in [3.63, 3.8) is 0 Å². The van der Waals surface area contributed by atoms with Crippen molar-refractivity contribution in [2.75, 3.05) is 25.6 Å². The van der Waals surface area contributed by atoms with E-state index in [-0.39, 0.29) is 23.6 Å². The maximum absolute atomic E-state index is 12.1. The maximum Gasteiger partial charge on any atom is 0.335 e. The number of amides is 1. The molecule has 3 N–H and O–H groups in total. The van der Waals surface area contributed by atoms with Crippen molar-refractivity contribution in [3.8, 4) is 17.2 Å². The van der Waals surface area contributed by atoms with Gasteiger partial charge in [-0.1, -0.05) is 15.9 Å². The van der Waals surface area contributed by atoms with Crippen molar-refractivity contribution in [1.29, 1.82) is 0 Å². The van der Waals surface area contributed by atoms with E-state index in [4.69, 9.17) is 14.2 Å². The van der Waals surface area contributed by atoms with Crippen LogP contribution >= 0.6 is 15.9 Å². The van der Waals surface area contributed by atoms with Gasteiger partial charge in [-0.2, -0.15) is 0 Å². The van der Waals surface area contributed by atoms with Crippen LogP contribution < -0.4 is 24.8 Å². The summed E-state index contributed by atoms with van der Waals surface area (Å²) in [5, 5.41) is 15.3. The number of carboxylic acids is 1. The van der Waals surface area contributed by atoms with Crippen molar-refractivity contribution < 1.29 is 28.9 Å². The largest absolute Gasteiger partial charge is 0.495 e. The molecule has 32 heavy (non-hydrogen) atoms. The number of benzene rings is 2. The molecule has 0 unspecified atom stereocenters. The quantitative estimate of drug-likeness (QED) is 0.434. The summed E-state index contributed by atoms with van der Waals surface area (Å²) in [4.78, 5) is 23.4. The number of rotatable bonds is 10. The van der Waals surface area contributed by atoms with Gasteiger partial charge in [-0.25, -0.2) is 4.79 Å². The number of aromatic carboxylic acids is 1. The Hall–Kier alpha value is -2.94. The number of anilines is 1. The lowest BCUT2D eigenvalue weighted by Gasteiger charge is -2.21. The normalized spacial score (nSPS) is 10.9. The first-order valence-corrected chi connectivity index (χ1v) is 10.9. The molecule has 0 aliphatic heterocycles. The van der Waals surface area contributed by atoms with Crippen LogP contribution in [-0.2, 0) is 11.3 Å². The molecule has 1 amide bonds. The third kappa shape index (κ3) is 7.33. The van der Waals surface area contributed by atoms with Gasteiger partial charge in [0.15, 0.2) is 18.1 Å². The van der Waals surface area contributed by atoms with Gasteiger partial charge in [0.05, 0.1) is 25.0 Å². The second-order valence-corrected chi connectivity index (χ2v) is 8.84. The summed E-state index contributed by atoms with van der Waals surface area (Å²) in [5.74, 6) is 0.222. The number of hydrogen-bond acceptors (Lipinski definition) is 6. The Morgan fingerprint density at radius 3 is 2.34 bits per heavy atom. The molecule has 9 heteroatoms. The third-order valence-corrected chi connectivity index (χ3v) is 4.94. The number of carboxylic acid groups (broad SMARTS) is 1. The van der Waals surface area contributed by atoms with Gasteiger partial charge in [-0.15, -0.1) is 0 Å². The van der Waals surface area contributed by atoms with Gasteiger partial charge >= 0.3 is 5.97 Å². The summed E-state index contributed by atoms with van der Waals surface area (Å²) in [5.41, 5.74) is 1.21. The fourth-order valence-corrected chi connectivity index (χ4v) is 3.32. The average molecular weight is 509 g/mol. The van der Waals surface area contributed by atoms with Gasteiger partial charge in [-0.05, 0) is 63.6 Å². The summed E-state index contributed by atoms with van der Waals surface area (Å²) in [6.45, 7) is 8.21. The highest BCUT2D eigenvalue weighted by Crippen LogP contribution is 2.35. The van der Waals surface area contributed by atoms with Crippen molar-refractivity contribution >= 4 is 33.5 Å². The van der Waals surface area contributed by atoms with E-state index in [1.165, 1.54) is 19.2 Å². The molecule has 0 saturated heterocycles. The lowest BCUT2D eigenvalue weighted by atomic mass is 10.1. The van der Waals surface area contributed by atoms with Crippen LogP contribution in [0.15, 0.2) is 34.8 Å². The molecule has 2 aromatic rings. The molecule has 0 aliphatic carbocycles. The Balaban J connectivity index is 2.20. The van der Waals surface area contributed by atoms with Gasteiger partial charge in [0.1, 0.15) is 5.75 Å². The fraction of sp³-hybridized carbons (Fsp3) is 0.391. The molecular weight excluding hydrogens is 480 g/mol. The smallest absolute Gasteiger partial charge is 0.335 e. The molecule has 0 aromatic heterocycles. The van der Waals surface area contributed by atoms with Crippen molar-refractivity contribution in [2.45, 2.75) is 39.8 Å². The number of halogens is 1. The van der Waals surface area contributed by atoms with Crippen LogP contribution in [0.1, 0.15) is 43.6 Å². The number of carbonyl (C=O) groups excluding carboxylic acids is 1. The standard InChI is InChI=1S/C23H29BrN2O6/c1-6-31-19-10-15(12-25-17-9-14(22(28)29)7-8-18(17)30-5)16(24)11-20(19)32-13-21(27)26-23(2,3)4/h7-11,25H,6,12-13H2,1-5H3,(H,26,27)(H,28,29). The molecule has 2 aromatic carbocycles. The molecular formula is C23H29BrN2O6. The molecule has 0 radical (unpaired) electrons. The summed E-state index contributed by atoms with van der Waals surface area (Å²) < 4.78 is 17.5. The van der Waals surface area contributed by atoms with Crippen molar-refractivity contribution in [1.82, 2.24) is 5.32 Å². The number of hydrogen-bond donors (Lipinski definition) is 3. The zero-order valence-electron chi connectivity index (χ0n) is 18.9. The summed E-state index contributed by atoms with van der Waals surface area (Å²) >= 11 is 3.53. The first kappa shape index (κ1) is 25.3. The lowest BCUT2D eigenvalue weighted by Crippen LogP contribution is -2.43. The van der Waals surface area contributed by atoms with Crippen molar-refractivity contribution in [3.05, 3.63) is 45.9 Å². The number of ether oxygens (including phenoxy) is 3. The fourth-order valence-electron chi connectivity index (χ4n) is 2.86. The van der Waals surface area contributed by atoms with Gasteiger partial charge in [0.25, 0.3) is 5.91 Å². The highest BCUT2D eigenvalue weighted by atomic mass is 79.9. The molecule has 0 heterocycles. The van der Waals surface area contributed by atoms with Crippen LogP contribution in [0.2, 0.25) is 0 Å². The van der Waals surface area contributed by atoms with Crippen LogP contribution in [0.25, 0.3) is 0 Å². The van der Waals surface area contributed by atoms with Gasteiger partial charge in [0.2, 0.25) is 0 Å². The van der Waals surface area contributed by atoms with E-state index in [0.29, 0.717) is 36.1 Å².